The van der Waals surface area contributed by atoms with Crippen molar-refractivity contribution in [2.75, 3.05) is 26.2 Å². The molecule has 10 heteroatoms. The van der Waals surface area contributed by atoms with Crippen molar-refractivity contribution in [1.29, 1.82) is 0 Å². The van der Waals surface area contributed by atoms with Crippen molar-refractivity contribution < 1.29 is 18.5 Å². The van der Waals surface area contributed by atoms with Gasteiger partial charge in [-0.3, -0.25) is 9.59 Å². The first-order valence-electron chi connectivity index (χ1n) is 9.38. The molecule has 2 amide bonds. The van der Waals surface area contributed by atoms with E-state index in [9.17, 15) is 14.0 Å². The van der Waals surface area contributed by atoms with Crippen molar-refractivity contribution >= 4 is 34.8 Å². The van der Waals surface area contributed by atoms with Gasteiger partial charge in [0.1, 0.15) is 5.82 Å². The maximum Gasteiger partial charge on any atom is 0.255 e. The van der Waals surface area contributed by atoms with Gasteiger partial charge < -0.3 is 14.3 Å². The molecule has 0 N–H and O–H groups in total. The van der Waals surface area contributed by atoms with E-state index in [-0.39, 0.29) is 28.8 Å². The van der Waals surface area contributed by atoms with Crippen LogP contribution in [0.25, 0.3) is 11.4 Å². The Labute approximate surface area is 181 Å². The van der Waals surface area contributed by atoms with Crippen LogP contribution in [0.1, 0.15) is 22.7 Å². The third-order valence-corrected chi connectivity index (χ3v) is 5.88. The summed E-state index contributed by atoms with van der Waals surface area (Å²) in [6.07, 6.45) is 0.614. The fourth-order valence-corrected chi connectivity index (χ4v) is 4.11. The summed E-state index contributed by atoms with van der Waals surface area (Å²) in [6, 6.07) is 5.62. The number of benzene rings is 1. The first-order valence-corrected chi connectivity index (χ1v) is 10.7. The molecule has 0 bridgehead atoms. The van der Waals surface area contributed by atoms with Crippen molar-refractivity contribution in [3.63, 3.8) is 0 Å². The smallest absolute Gasteiger partial charge is 0.255 e. The summed E-state index contributed by atoms with van der Waals surface area (Å²) in [6.45, 7) is 1.63. The maximum atomic E-state index is 13.2. The molecule has 30 heavy (non-hydrogen) atoms. The van der Waals surface area contributed by atoms with Crippen molar-refractivity contribution in [3.05, 3.63) is 57.3 Å². The molecule has 1 aliphatic rings. The third-order valence-electron chi connectivity index (χ3n) is 4.88. The molecule has 2 aromatic heterocycles. The predicted octanol–water partition coefficient (Wildman–Crippen LogP) is 3.51. The van der Waals surface area contributed by atoms with E-state index in [2.05, 4.69) is 10.1 Å². The molecule has 1 aliphatic heterocycles. The SMILES string of the molecule is O=C(CCc1nc(-c2ccsc2)no1)N1CCN(C(=O)c2ccc(F)cc2Cl)CC1. The van der Waals surface area contributed by atoms with Gasteiger partial charge in [-0.15, -0.1) is 0 Å². The minimum Gasteiger partial charge on any atom is -0.339 e. The molecule has 4 rings (SSSR count). The summed E-state index contributed by atoms with van der Waals surface area (Å²) in [5.74, 6) is 0.154. The Morgan fingerprint density at radius 2 is 1.93 bits per heavy atom. The summed E-state index contributed by atoms with van der Waals surface area (Å²) < 4.78 is 18.4. The van der Waals surface area contributed by atoms with Gasteiger partial charge in [0.25, 0.3) is 5.91 Å². The highest BCUT2D eigenvalue weighted by molar-refractivity contribution is 7.08. The van der Waals surface area contributed by atoms with E-state index in [0.29, 0.717) is 44.3 Å². The van der Waals surface area contributed by atoms with Crippen LogP contribution in [0.15, 0.2) is 39.5 Å². The molecule has 1 fully saturated rings. The highest BCUT2D eigenvalue weighted by atomic mass is 35.5. The number of nitrogens with zero attached hydrogens (tertiary/aromatic N) is 4. The number of thiophene rings is 1. The van der Waals surface area contributed by atoms with Crippen molar-refractivity contribution in [1.82, 2.24) is 19.9 Å². The molecule has 0 unspecified atom stereocenters. The molecule has 0 spiro atoms. The second kappa shape index (κ2) is 8.93. The van der Waals surface area contributed by atoms with Crippen LogP contribution in [-0.2, 0) is 11.2 Å². The second-order valence-electron chi connectivity index (χ2n) is 6.82. The molecule has 7 nitrogen and oxygen atoms in total. The number of hydrogen-bond donors (Lipinski definition) is 0. The van der Waals surface area contributed by atoms with Crippen LogP contribution < -0.4 is 0 Å². The van der Waals surface area contributed by atoms with Crippen LogP contribution in [0, 0.1) is 5.82 Å². The van der Waals surface area contributed by atoms with Crippen LogP contribution in [0.5, 0.6) is 0 Å². The molecule has 0 radical (unpaired) electrons. The Balaban J connectivity index is 1.27. The Kier molecular flexibility index (Phi) is 6.10. The van der Waals surface area contributed by atoms with Crippen LogP contribution in [-0.4, -0.2) is 57.9 Å². The van der Waals surface area contributed by atoms with Gasteiger partial charge in [-0.2, -0.15) is 16.3 Å². The number of aromatic nitrogens is 2. The van der Waals surface area contributed by atoms with Crippen molar-refractivity contribution in [3.8, 4) is 11.4 Å². The number of piperazine rings is 1. The fraction of sp³-hybridized carbons (Fsp3) is 0.300. The van der Waals surface area contributed by atoms with Gasteiger partial charge >= 0.3 is 0 Å². The summed E-state index contributed by atoms with van der Waals surface area (Å²) in [5.41, 5.74) is 1.15. The van der Waals surface area contributed by atoms with Gasteiger partial charge in [-0.1, -0.05) is 16.8 Å². The number of carbonyl (C=O) groups is 2. The summed E-state index contributed by atoms with van der Waals surface area (Å²) in [5, 5.41) is 7.88. The number of halogens is 2. The molecule has 3 heterocycles. The lowest BCUT2D eigenvalue weighted by Crippen LogP contribution is -2.50. The number of rotatable bonds is 5. The molecule has 1 saturated heterocycles. The van der Waals surface area contributed by atoms with E-state index in [4.69, 9.17) is 16.1 Å². The van der Waals surface area contributed by atoms with Crippen LogP contribution >= 0.6 is 22.9 Å². The minimum absolute atomic E-state index is 0.0304. The Bertz CT molecular complexity index is 1050. The lowest BCUT2D eigenvalue weighted by atomic mass is 10.1. The fourth-order valence-electron chi connectivity index (χ4n) is 3.23. The van der Waals surface area contributed by atoms with E-state index in [1.165, 1.54) is 12.1 Å². The number of carbonyl (C=O) groups excluding carboxylic acids is 2. The largest absolute Gasteiger partial charge is 0.339 e. The summed E-state index contributed by atoms with van der Waals surface area (Å²) in [7, 11) is 0. The quantitative estimate of drug-likeness (QED) is 0.596. The minimum atomic E-state index is -0.490. The predicted molar refractivity (Wildman–Crippen MR) is 110 cm³/mol. The van der Waals surface area contributed by atoms with Crippen molar-refractivity contribution in [2.24, 2.45) is 0 Å². The average Bonchev–Trinajstić information content (AvgIpc) is 3.43. The van der Waals surface area contributed by atoms with Crippen LogP contribution in [0.4, 0.5) is 4.39 Å². The van der Waals surface area contributed by atoms with E-state index in [0.717, 1.165) is 11.6 Å². The zero-order chi connectivity index (χ0) is 21.1. The molecule has 0 atom stereocenters. The molecule has 0 saturated carbocycles. The number of amides is 2. The molecular weight excluding hydrogens is 431 g/mol. The molecule has 0 aliphatic carbocycles. The van der Waals surface area contributed by atoms with Gasteiger partial charge in [0.2, 0.25) is 17.6 Å². The van der Waals surface area contributed by atoms with E-state index in [1.807, 2.05) is 16.8 Å². The van der Waals surface area contributed by atoms with Gasteiger partial charge in [0.15, 0.2) is 0 Å². The van der Waals surface area contributed by atoms with Gasteiger partial charge in [-0.05, 0) is 29.6 Å². The lowest BCUT2D eigenvalue weighted by Gasteiger charge is -2.35. The highest BCUT2D eigenvalue weighted by Gasteiger charge is 2.26. The van der Waals surface area contributed by atoms with Gasteiger partial charge in [0.05, 0.1) is 10.6 Å². The average molecular weight is 449 g/mol. The molecule has 156 valence electrons. The third kappa shape index (κ3) is 4.52. The zero-order valence-corrected chi connectivity index (χ0v) is 17.5. The summed E-state index contributed by atoms with van der Waals surface area (Å²) >= 11 is 7.53. The number of hydrogen-bond acceptors (Lipinski definition) is 6. The summed E-state index contributed by atoms with van der Waals surface area (Å²) in [4.78, 5) is 32.8. The second-order valence-corrected chi connectivity index (χ2v) is 8.01. The Hall–Kier alpha value is -2.78. The van der Waals surface area contributed by atoms with E-state index >= 15 is 0 Å². The molecular formula is C20H18ClFN4O3S. The van der Waals surface area contributed by atoms with Crippen LogP contribution in [0.3, 0.4) is 0 Å². The first-order chi connectivity index (χ1) is 14.5. The monoisotopic (exact) mass is 448 g/mol. The van der Waals surface area contributed by atoms with Crippen molar-refractivity contribution in [2.45, 2.75) is 12.8 Å². The number of aryl methyl sites for hydroxylation is 1. The topological polar surface area (TPSA) is 79.5 Å². The van der Waals surface area contributed by atoms with Crippen LogP contribution in [0.2, 0.25) is 5.02 Å². The van der Waals surface area contributed by atoms with E-state index in [1.54, 1.807) is 21.1 Å². The van der Waals surface area contributed by atoms with Gasteiger partial charge in [-0.25, -0.2) is 4.39 Å². The first kappa shape index (κ1) is 20.5. The lowest BCUT2D eigenvalue weighted by molar-refractivity contribution is -0.132. The molecule has 1 aromatic carbocycles. The zero-order valence-electron chi connectivity index (χ0n) is 15.9. The highest BCUT2D eigenvalue weighted by Crippen LogP contribution is 2.21. The maximum absolute atomic E-state index is 13.2. The normalized spacial score (nSPS) is 14.2. The van der Waals surface area contributed by atoms with Gasteiger partial charge in [0, 0.05) is 50.0 Å². The standard InChI is InChI=1S/C20H18ClFN4O3S/c21-16-11-14(22)1-2-15(16)20(28)26-8-6-25(7-9-26)18(27)4-3-17-23-19(24-29-17)13-5-10-30-12-13/h1-2,5,10-12H,3-4,6-9H2. The Morgan fingerprint density at radius 3 is 2.63 bits per heavy atom. The Morgan fingerprint density at radius 1 is 1.17 bits per heavy atom. The molecule has 3 aromatic rings. The van der Waals surface area contributed by atoms with E-state index < -0.39 is 5.82 Å².